The molecule has 0 N–H and O–H groups in total. The highest BCUT2D eigenvalue weighted by molar-refractivity contribution is 6.09. The van der Waals surface area contributed by atoms with Gasteiger partial charge < -0.3 is 18.6 Å². The van der Waals surface area contributed by atoms with Gasteiger partial charge in [0.05, 0.1) is 24.3 Å². The highest BCUT2D eigenvalue weighted by Crippen LogP contribution is 2.33. The molecule has 6 nitrogen and oxygen atoms in total. The quantitative estimate of drug-likeness (QED) is 0.373. The third-order valence-corrected chi connectivity index (χ3v) is 5.93. The predicted molar refractivity (Wildman–Crippen MR) is 126 cm³/mol. The summed E-state index contributed by atoms with van der Waals surface area (Å²) in [6.07, 6.45) is 0. The number of benzene rings is 2. The number of aromatic nitrogens is 2. The standard InChI is InChI=1S/C26H28N2O4/c1-6-27-21-12-10-9-11-19(21)20-15-18(13-14-22(20)27)28-16(4)23(25(29)31-7-2)24(17(28)5)26(30)32-8-3/h9-15H,6-8H2,1-5H3. The molecule has 0 atom stereocenters. The molecule has 0 amide bonds. The lowest BCUT2D eigenvalue weighted by atomic mass is 10.1. The van der Waals surface area contributed by atoms with Gasteiger partial charge in [-0.2, -0.15) is 0 Å². The van der Waals surface area contributed by atoms with Crippen molar-refractivity contribution in [2.75, 3.05) is 13.2 Å². The van der Waals surface area contributed by atoms with Gasteiger partial charge in [-0.15, -0.1) is 0 Å². The summed E-state index contributed by atoms with van der Waals surface area (Å²) < 4.78 is 14.8. The number of rotatable bonds is 6. The molecule has 166 valence electrons. The molecule has 0 saturated carbocycles. The fourth-order valence-corrected chi connectivity index (χ4v) is 4.65. The van der Waals surface area contributed by atoms with Crippen molar-refractivity contribution >= 4 is 33.7 Å². The third-order valence-electron chi connectivity index (χ3n) is 5.93. The number of carbonyl (C=O) groups is 2. The number of hydrogen-bond donors (Lipinski definition) is 0. The fourth-order valence-electron chi connectivity index (χ4n) is 4.65. The molecule has 0 aliphatic carbocycles. The van der Waals surface area contributed by atoms with Crippen LogP contribution in [0.15, 0.2) is 42.5 Å². The first-order chi connectivity index (χ1) is 15.4. The van der Waals surface area contributed by atoms with Gasteiger partial charge in [0.15, 0.2) is 0 Å². The summed E-state index contributed by atoms with van der Waals surface area (Å²) >= 11 is 0. The molecule has 4 rings (SSSR count). The highest BCUT2D eigenvalue weighted by Gasteiger charge is 2.30. The van der Waals surface area contributed by atoms with Gasteiger partial charge in [0, 0.05) is 45.4 Å². The second kappa shape index (κ2) is 8.54. The van der Waals surface area contributed by atoms with Crippen molar-refractivity contribution in [2.45, 2.75) is 41.2 Å². The SMILES string of the molecule is CCOC(=O)c1c(C(=O)OCC)c(C)n(-c2ccc3c(c2)c2ccccc2n3CC)c1C. The molecular formula is C26H28N2O4. The molecular weight excluding hydrogens is 404 g/mol. The predicted octanol–water partition coefficient (Wildman–Crippen LogP) is 5.58. The number of aryl methyl sites for hydroxylation is 1. The number of esters is 2. The van der Waals surface area contributed by atoms with Gasteiger partial charge >= 0.3 is 11.9 Å². The number of hydrogen-bond acceptors (Lipinski definition) is 4. The Balaban J connectivity index is 1.99. The molecule has 0 bridgehead atoms. The average molecular weight is 433 g/mol. The number of carbonyl (C=O) groups excluding carboxylic acids is 2. The van der Waals surface area contributed by atoms with Crippen LogP contribution in [0.2, 0.25) is 0 Å². The van der Waals surface area contributed by atoms with Crippen molar-refractivity contribution in [3.63, 3.8) is 0 Å². The minimum Gasteiger partial charge on any atom is -0.462 e. The number of para-hydroxylation sites is 1. The molecule has 0 unspecified atom stereocenters. The van der Waals surface area contributed by atoms with Gasteiger partial charge in [-0.05, 0) is 58.9 Å². The summed E-state index contributed by atoms with van der Waals surface area (Å²) in [5.74, 6) is -1.03. The Morgan fingerprint density at radius 2 is 1.34 bits per heavy atom. The van der Waals surface area contributed by atoms with Crippen molar-refractivity contribution in [2.24, 2.45) is 0 Å². The maximum Gasteiger partial charge on any atom is 0.340 e. The number of fused-ring (bicyclic) bond motifs is 3. The molecule has 6 heteroatoms. The Morgan fingerprint density at radius 3 is 1.91 bits per heavy atom. The largest absolute Gasteiger partial charge is 0.462 e. The summed E-state index contributed by atoms with van der Waals surface area (Å²) in [6.45, 7) is 10.6. The molecule has 0 radical (unpaired) electrons. The lowest BCUT2D eigenvalue weighted by Gasteiger charge is -2.11. The van der Waals surface area contributed by atoms with Crippen LogP contribution in [0.25, 0.3) is 27.5 Å². The van der Waals surface area contributed by atoms with Crippen LogP contribution in [0.4, 0.5) is 0 Å². The molecule has 2 heterocycles. The zero-order valence-corrected chi connectivity index (χ0v) is 19.2. The summed E-state index contributed by atoms with van der Waals surface area (Å²) in [5, 5.41) is 2.30. The van der Waals surface area contributed by atoms with Crippen molar-refractivity contribution < 1.29 is 19.1 Å². The zero-order valence-electron chi connectivity index (χ0n) is 19.2. The Morgan fingerprint density at radius 1 is 0.781 bits per heavy atom. The summed E-state index contributed by atoms with van der Waals surface area (Å²) in [6, 6.07) is 14.6. The summed E-state index contributed by atoms with van der Waals surface area (Å²) in [4.78, 5) is 25.5. The number of nitrogens with zero attached hydrogens (tertiary/aromatic N) is 2. The molecule has 4 aromatic rings. The average Bonchev–Trinajstić information content (AvgIpc) is 3.24. The van der Waals surface area contributed by atoms with E-state index < -0.39 is 11.9 Å². The molecule has 32 heavy (non-hydrogen) atoms. The number of ether oxygens (including phenoxy) is 2. The molecule has 2 aromatic carbocycles. The van der Waals surface area contributed by atoms with Gasteiger partial charge in [0.25, 0.3) is 0 Å². The van der Waals surface area contributed by atoms with Gasteiger partial charge in [-0.3, -0.25) is 0 Å². The summed E-state index contributed by atoms with van der Waals surface area (Å²) in [7, 11) is 0. The van der Waals surface area contributed by atoms with Crippen molar-refractivity contribution in [3.05, 3.63) is 65.0 Å². The van der Waals surface area contributed by atoms with Gasteiger partial charge in [0.2, 0.25) is 0 Å². The Bertz CT molecular complexity index is 1300. The van der Waals surface area contributed by atoms with Gasteiger partial charge in [-0.1, -0.05) is 18.2 Å². The Kier molecular flexibility index (Phi) is 5.78. The monoisotopic (exact) mass is 432 g/mol. The molecule has 0 aliphatic heterocycles. The minimum atomic E-state index is -0.515. The maximum absolute atomic E-state index is 12.8. The van der Waals surface area contributed by atoms with Gasteiger partial charge in [0.1, 0.15) is 0 Å². The normalized spacial score (nSPS) is 11.3. The van der Waals surface area contributed by atoms with Crippen LogP contribution in [0.1, 0.15) is 52.9 Å². The molecule has 0 fully saturated rings. The first-order valence-corrected chi connectivity index (χ1v) is 11.0. The first-order valence-electron chi connectivity index (χ1n) is 11.0. The van der Waals surface area contributed by atoms with E-state index in [1.54, 1.807) is 13.8 Å². The van der Waals surface area contributed by atoms with E-state index in [4.69, 9.17) is 9.47 Å². The fraction of sp³-hybridized carbons (Fsp3) is 0.308. The second-order valence-corrected chi connectivity index (χ2v) is 7.66. The van der Waals surface area contributed by atoms with E-state index in [0.29, 0.717) is 11.4 Å². The minimum absolute atomic E-state index is 0.229. The molecule has 2 aromatic heterocycles. The van der Waals surface area contributed by atoms with Crippen LogP contribution in [-0.4, -0.2) is 34.3 Å². The van der Waals surface area contributed by atoms with Crippen molar-refractivity contribution in [1.82, 2.24) is 9.13 Å². The highest BCUT2D eigenvalue weighted by atomic mass is 16.5. The zero-order chi connectivity index (χ0) is 23.0. The Labute approximate surface area is 187 Å². The van der Waals surface area contributed by atoms with E-state index in [-0.39, 0.29) is 24.3 Å². The Hall–Kier alpha value is -3.54. The van der Waals surface area contributed by atoms with Crippen LogP contribution >= 0.6 is 0 Å². The lowest BCUT2D eigenvalue weighted by molar-refractivity contribution is 0.0479. The van der Waals surface area contributed by atoms with Crippen LogP contribution in [0, 0.1) is 13.8 Å². The van der Waals surface area contributed by atoms with E-state index in [1.807, 2.05) is 36.6 Å². The smallest absolute Gasteiger partial charge is 0.340 e. The van der Waals surface area contributed by atoms with E-state index in [2.05, 4.69) is 35.8 Å². The lowest BCUT2D eigenvalue weighted by Crippen LogP contribution is -2.13. The third kappa shape index (κ3) is 3.27. The maximum atomic E-state index is 12.8. The van der Waals surface area contributed by atoms with E-state index in [1.165, 1.54) is 10.9 Å². The topological polar surface area (TPSA) is 62.5 Å². The molecule has 0 saturated heterocycles. The first kappa shape index (κ1) is 21.7. The van der Waals surface area contributed by atoms with Crippen LogP contribution in [0.5, 0.6) is 0 Å². The van der Waals surface area contributed by atoms with Crippen LogP contribution in [-0.2, 0) is 16.0 Å². The second-order valence-electron chi connectivity index (χ2n) is 7.66. The van der Waals surface area contributed by atoms with Crippen LogP contribution < -0.4 is 0 Å². The van der Waals surface area contributed by atoms with Crippen molar-refractivity contribution in [1.29, 1.82) is 0 Å². The van der Waals surface area contributed by atoms with Crippen molar-refractivity contribution in [3.8, 4) is 5.69 Å². The van der Waals surface area contributed by atoms with E-state index in [0.717, 1.165) is 23.1 Å². The van der Waals surface area contributed by atoms with E-state index >= 15 is 0 Å². The van der Waals surface area contributed by atoms with Gasteiger partial charge in [-0.25, -0.2) is 9.59 Å². The molecule has 0 aliphatic rings. The summed E-state index contributed by atoms with van der Waals surface area (Å²) in [5.41, 5.74) is 5.05. The van der Waals surface area contributed by atoms with E-state index in [9.17, 15) is 9.59 Å². The van der Waals surface area contributed by atoms with Crippen LogP contribution in [0.3, 0.4) is 0 Å². The molecule has 0 spiro atoms.